The number of ether oxygens (including phenoxy) is 1. The summed E-state index contributed by atoms with van der Waals surface area (Å²) in [6.45, 7) is 5.62. The standard InChI is InChI=1S/C16H20F2N2O3/c1-16(2,3)23-15(22)20-8-4-5-13(20)14(21)19-12-7-6-10(17)9-11(12)18/h6-7,9,13H,4-5,8H2,1-3H3,(H,19,21)/t13-/m1/s1. The molecular weight excluding hydrogens is 306 g/mol. The molecule has 0 aliphatic carbocycles. The Kier molecular flexibility index (Phi) is 4.87. The molecule has 7 heteroatoms. The summed E-state index contributed by atoms with van der Waals surface area (Å²) in [5.41, 5.74) is -0.781. The minimum atomic E-state index is -0.861. The van der Waals surface area contributed by atoms with Crippen LogP contribution in [0.1, 0.15) is 33.6 Å². The average molecular weight is 326 g/mol. The molecule has 1 aliphatic rings. The van der Waals surface area contributed by atoms with Crippen LogP contribution in [0.25, 0.3) is 0 Å². The number of carbonyl (C=O) groups excluding carboxylic acids is 2. The van der Waals surface area contributed by atoms with E-state index in [1.165, 1.54) is 4.90 Å². The van der Waals surface area contributed by atoms with Crippen LogP contribution in [0.2, 0.25) is 0 Å². The molecule has 1 saturated heterocycles. The second-order valence-electron chi connectivity index (χ2n) is 6.45. The maximum atomic E-state index is 13.6. The average Bonchev–Trinajstić information content (AvgIpc) is 2.89. The third kappa shape index (κ3) is 4.40. The van der Waals surface area contributed by atoms with Crippen molar-refractivity contribution in [3.05, 3.63) is 29.8 Å². The number of anilines is 1. The van der Waals surface area contributed by atoms with Gasteiger partial charge in [-0.2, -0.15) is 0 Å². The van der Waals surface area contributed by atoms with Crippen LogP contribution in [0.4, 0.5) is 19.3 Å². The van der Waals surface area contributed by atoms with Crippen molar-refractivity contribution in [1.82, 2.24) is 4.90 Å². The van der Waals surface area contributed by atoms with Crippen LogP contribution in [0.15, 0.2) is 18.2 Å². The molecule has 0 unspecified atom stereocenters. The largest absolute Gasteiger partial charge is 0.444 e. The Morgan fingerprint density at radius 2 is 2.00 bits per heavy atom. The fourth-order valence-electron chi connectivity index (χ4n) is 2.39. The molecule has 126 valence electrons. The fourth-order valence-corrected chi connectivity index (χ4v) is 2.39. The van der Waals surface area contributed by atoms with Crippen molar-refractivity contribution < 1.29 is 23.1 Å². The van der Waals surface area contributed by atoms with E-state index in [1.54, 1.807) is 20.8 Å². The Hall–Kier alpha value is -2.18. The first-order chi connectivity index (χ1) is 10.7. The number of rotatable bonds is 2. The second kappa shape index (κ2) is 6.52. The minimum absolute atomic E-state index is 0.118. The first kappa shape index (κ1) is 17.2. The highest BCUT2D eigenvalue weighted by Gasteiger charge is 2.36. The molecule has 1 heterocycles. The number of likely N-dealkylation sites (tertiary alicyclic amines) is 1. The van der Waals surface area contributed by atoms with Gasteiger partial charge in [-0.15, -0.1) is 0 Å². The van der Waals surface area contributed by atoms with Gasteiger partial charge < -0.3 is 10.1 Å². The van der Waals surface area contributed by atoms with Crippen LogP contribution in [0.3, 0.4) is 0 Å². The summed E-state index contributed by atoms with van der Waals surface area (Å²) in [5, 5.41) is 2.40. The van der Waals surface area contributed by atoms with Gasteiger partial charge in [-0.05, 0) is 45.7 Å². The van der Waals surface area contributed by atoms with Crippen LogP contribution in [-0.2, 0) is 9.53 Å². The summed E-state index contributed by atoms with van der Waals surface area (Å²) in [4.78, 5) is 25.8. The van der Waals surface area contributed by atoms with Crippen LogP contribution >= 0.6 is 0 Å². The molecule has 1 aromatic carbocycles. The van der Waals surface area contributed by atoms with E-state index in [2.05, 4.69) is 5.32 Å². The zero-order chi connectivity index (χ0) is 17.2. The van der Waals surface area contributed by atoms with Crippen LogP contribution in [0, 0.1) is 11.6 Å². The molecular formula is C16H20F2N2O3. The van der Waals surface area contributed by atoms with Crippen molar-refractivity contribution >= 4 is 17.7 Å². The molecule has 0 spiro atoms. The second-order valence-corrected chi connectivity index (χ2v) is 6.45. The minimum Gasteiger partial charge on any atom is -0.444 e. The first-order valence-corrected chi connectivity index (χ1v) is 7.43. The lowest BCUT2D eigenvalue weighted by Gasteiger charge is -2.28. The van der Waals surface area contributed by atoms with Gasteiger partial charge in [0.15, 0.2) is 0 Å². The van der Waals surface area contributed by atoms with Gasteiger partial charge in [-0.1, -0.05) is 0 Å². The van der Waals surface area contributed by atoms with Crippen molar-refractivity contribution in [3.63, 3.8) is 0 Å². The van der Waals surface area contributed by atoms with Crippen LogP contribution in [0.5, 0.6) is 0 Å². The van der Waals surface area contributed by atoms with Crippen molar-refractivity contribution in [3.8, 4) is 0 Å². The third-order valence-corrected chi connectivity index (χ3v) is 3.37. The highest BCUT2D eigenvalue weighted by atomic mass is 19.1. The summed E-state index contributed by atoms with van der Waals surface area (Å²) in [6, 6.07) is 2.17. The lowest BCUT2D eigenvalue weighted by atomic mass is 10.2. The van der Waals surface area contributed by atoms with Crippen molar-refractivity contribution in [2.24, 2.45) is 0 Å². The molecule has 2 amide bonds. The predicted molar refractivity (Wildman–Crippen MR) is 80.9 cm³/mol. The molecule has 23 heavy (non-hydrogen) atoms. The van der Waals surface area contributed by atoms with Crippen molar-refractivity contribution in [2.45, 2.75) is 45.3 Å². The molecule has 1 aliphatic heterocycles. The number of nitrogens with one attached hydrogen (secondary N) is 1. The number of halogens is 2. The van der Waals surface area contributed by atoms with Crippen molar-refractivity contribution in [1.29, 1.82) is 0 Å². The van der Waals surface area contributed by atoms with E-state index < -0.39 is 35.3 Å². The van der Waals surface area contributed by atoms with E-state index in [9.17, 15) is 18.4 Å². The van der Waals surface area contributed by atoms with Gasteiger partial charge >= 0.3 is 6.09 Å². The van der Waals surface area contributed by atoms with Crippen LogP contribution in [-0.4, -0.2) is 35.1 Å². The predicted octanol–water partition coefficient (Wildman–Crippen LogP) is 3.30. The molecule has 0 bridgehead atoms. The van der Waals surface area contributed by atoms with Crippen LogP contribution < -0.4 is 5.32 Å². The maximum Gasteiger partial charge on any atom is 0.410 e. The molecule has 1 N–H and O–H groups in total. The molecule has 1 aromatic rings. The molecule has 0 saturated carbocycles. The number of hydrogen-bond donors (Lipinski definition) is 1. The highest BCUT2D eigenvalue weighted by Crippen LogP contribution is 2.23. The van der Waals surface area contributed by atoms with Gasteiger partial charge in [0.1, 0.15) is 23.3 Å². The quantitative estimate of drug-likeness (QED) is 0.907. The summed E-state index contributed by atoms with van der Waals surface area (Å²) in [7, 11) is 0. The Labute approximate surface area is 133 Å². The molecule has 2 rings (SSSR count). The molecule has 5 nitrogen and oxygen atoms in total. The Balaban J connectivity index is 2.07. The number of carbonyl (C=O) groups is 2. The Morgan fingerprint density at radius 1 is 1.30 bits per heavy atom. The third-order valence-electron chi connectivity index (χ3n) is 3.37. The summed E-state index contributed by atoms with van der Waals surface area (Å²) in [6.07, 6.45) is 0.548. The van der Waals surface area contributed by atoms with E-state index in [0.717, 1.165) is 12.1 Å². The summed E-state index contributed by atoms with van der Waals surface area (Å²) >= 11 is 0. The lowest BCUT2D eigenvalue weighted by Crippen LogP contribution is -2.45. The number of hydrogen-bond acceptors (Lipinski definition) is 3. The van der Waals surface area contributed by atoms with E-state index in [-0.39, 0.29) is 5.69 Å². The van der Waals surface area contributed by atoms with Gasteiger partial charge in [0.25, 0.3) is 0 Å². The van der Waals surface area contributed by atoms with E-state index in [4.69, 9.17) is 4.74 Å². The first-order valence-electron chi connectivity index (χ1n) is 7.43. The Bertz CT molecular complexity index is 614. The number of nitrogens with zero attached hydrogens (tertiary/aromatic N) is 1. The smallest absolute Gasteiger partial charge is 0.410 e. The maximum absolute atomic E-state index is 13.6. The van der Waals surface area contributed by atoms with Gasteiger partial charge in [-0.25, -0.2) is 13.6 Å². The molecule has 0 aromatic heterocycles. The number of benzene rings is 1. The summed E-state index contributed by atoms with van der Waals surface area (Å²) < 4.78 is 31.8. The van der Waals surface area contributed by atoms with Gasteiger partial charge in [0, 0.05) is 12.6 Å². The monoisotopic (exact) mass is 326 g/mol. The van der Waals surface area contributed by atoms with Gasteiger partial charge in [0.2, 0.25) is 5.91 Å². The Morgan fingerprint density at radius 3 is 2.61 bits per heavy atom. The normalized spacial score (nSPS) is 18.0. The van der Waals surface area contributed by atoms with E-state index in [1.807, 2.05) is 0 Å². The highest BCUT2D eigenvalue weighted by molar-refractivity contribution is 5.97. The molecule has 1 fully saturated rings. The number of amides is 2. The SMILES string of the molecule is CC(C)(C)OC(=O)N1CCC[C@@H]1C(=O)Nc1ccc(F)cc1F. The summed E-state index contributed by atoms with van der Waals surface area (Å²) in [5.74, 6) is -2.10. The molecule has 0 radical (unpaired) electrons. The molecule has 1 atom stereocenters. The van der Waals surface area contributed by atoms with E-state index >= 15 is 0 Å². The van der Waals surface area contributed by atoms with Crippen molar-refractivity contribution in [2.75, 3.05) is 11.9 Å². The zero-order valence-electron chi connectivity index (χ0n) is 13.4. The zero-order valence-corrected chi connectivity index (χ0v) is 13.4. The topological polar surface area (TPSA) is 58.6 Å². The van der Waals surface area contributed by atoms with Gasteiger partial charge in [0.05, 0.1) is 5.69 Å². The van der Waals surface area contributed by atoms with Gasteiger partial charge in [-0.3, -0.25) is 9.69 Å². The van der Waals surface area contributed by atoms with E-state index in [0.29, 0.717) is 25.5 Å². The lowest BCUT2D eigenvalue weighted by molar-refractivity contribution is -0.120. The fraction of sp³-hybridized carbons (Fsp3) is 0.500.